The van der Waals surface area contributed by atoms with Crippen molar-refractivity contribution in [2.45, 2.75) is 6.61 Å². The maximum absolute atomic E-state index is 9.18. The zero-order chi connectivity index (χ0) is 16.2. The van der Waals surface area contributed by atoms with Gasteiger partial charge in [0.15, 0.2) is 0 Å². The standard InChI is InChI=1S/C20H18N2O/c21-20(22)19-6-2-5-17-12-15(9-10-18(17)19)8-7-14-3-1-4-16(11-14)13-23/h1-12,23H,13H2,(H3,21,22). The van der Waals surface area contributed by atoms with E-state index in [0.717, 1.165) is 33.0 Å². The molecular formula is C20H18N2O. The van der Waals surface area contributed by atoms with Gasteiger partial charge in [-0.05, 0) is 39.6 Å². The molecule has 0 heterocycles. The fourth-order valence-electron chi connectivity index (χ4n) is 2.63. The van der Waals surface area contributed by atoms with Gasteiger partial charge >= 0.3 is 0 Å². The normalized spacial score (nSPS) is 11.2. The summed E-state index contributed by atoms with van der Waals surface area (Å²) < 4.78 is 0. The first-order valence-corrected chi connectivity index (χ1v) is 7.42. The van der Waals surface area contributed by atoms with Crippen LogP contribution in [0.5, 0.6) is 0 Å². The molecule has 0 aromatic heterocycles. The van der Waals surface area contributed by atoms with Gasteiger partial charge in [-0.3, -0.25) is 5.41 Å². The van der Waals surface area contributed by atoms with E-state index in [1.165, 1.54) is 0 Å². The van der Waals surface area contributed by atoms with E-state index in [0.29, 0.717) is 0 Å². The molecule has 0 aliphatic carbocycles. The van der Waals surface area contributed by atoms with E-state index in [-0.39, 0.29) is 12.4 Å². The highest BCUT2D eigenvalue weighted by molar-refractivity contribution is 6.07. The van der Waals surface area contributed by atoms with Crippen molar-refractivity contribution in [2.75, 3.05) is 0 Å². The van der Waals surface area contributed by atoms with E-state index in [1.54, 1.807) is 0 Å². The molecule has 3 heteroatoms. The summed E-state index contributed by atoms with van der Waals surface area (Å²) >= 11 is 0. The average molecular weight is 302 g/mol. The van der Waals surface area contributed by atoms with Crippen LogP contribution in [0.3, 0.4) is 0 Å². The van der Waals surface area contributed by atoms with Gasteiger partial charge < -0.3 is 10.8 Å². The summed E-state index contributed by atoms with van der Waals surface area (Å²) in [4.78, 5) is 0. The number of nitrogen functional groups attached to an aromatic ring is 1. The number of aliphatic hydroxyl groups excluding tert-OH is 1. The number of rotatable bonds is 4. The molecule has 0 amide bonds. The largest absolute Gasteiger partial charge is 0.392 e. The number of benzene rings is 3. The number of aliphatic hydroxyl groups is 1. The second-order valence-corrected chi connectivity index (χ2v) is 5.44. The molecule has 114 valence electrons. The third kappa shape index (κ3) is 3.30. The minimum Gasteiger partial charge on any atom is -0.392 e. The molecule has 4 N–H and O–H groups in total. The van der Waals surface area contributed by atoms with Crippen LogP contribution >= 0.6 is 0 Å². The zero-order valence-electron chi connectivity index (χ0n) is 12.7. The first kappa shape index (κ1) is 15.0. The van der Waals surface area contributed by atoms with E-state index >= 15 is 0 Å². The quantitative estimate of drug-likeness (QED) is 0.390. The second kappa shape index (κ2) is 6.46. The molecule has 0 aliphatic heterocycles. The van der Waals surface area contributed by atoms with Gasteiger partial charge in [-0.25, -0.2) is 0 Å². The molecular weight excluding hydrogens is 284 g/mol. The lowest BCUT2D eigenvalue weighted by Gasteiger charge is -2.05. The smallest absolute Gasteiger partial charge is 0.123 e. The average Bonchev–Trinajstić information content (AvgIpc) is 2.59. The van der Waals surface area contributed by atoms with Crippen LogP contribution in [0, 0.1) is 5.41 Å². The van der Waals surface area contributed by atoms with Crippen LogP contribution in [0.2, 0.25) is 0 Å². The minimum atomic E-state index is 0.0471. The highest BCUT2D eigenvalue weighted by atomic mass is 16.3. The SMILES string of the molecule is N=C(N)c1cccc2cc(C=Cc3cccc(CO)c3)ccc12. The molecule has 0 radical (unpaired) electrons. The van der Waals surface area contributed by atoms with Gasteiger partial charge in [-0.15, -0.1) is 0 Å². The summed E-state index contributed by atoms with van der Waals surface area (Å²) in [5, 5.41) is 18.9. The minimum absolute atomic E-state index is 0.0471. The van der Waals surface area contributed by atoms with Crippen molar-refractivity contribution in [2.24, 2.45) is 5.73 Å². The molecule has 3 aromatic rings. The van der Waals surface area contributed by atoms with Gasteiger partial charge in [-0.2, -0.15) is 0 Å². The van der Waals surface area contributed by atoms with Gasteiger partial charge in [0.05, 0.1) is 6.61 Å². The Balaban J connectivity index is 1.94. The van der Waals surface area contributed by atoms with Crippen molar-refractivity contribution in [3.05, 3.63) is 82.9 Å². The monoisotopic (exact) mass is 302 g/mol. The van der Waals surface area contributed by atoms with Gasteiger partial charge in [0.25, 0.3) is 0 Å². The van der Waals surface area contributed by atoms with E-state index in [9.17, 15) is 5.11 Å². The molecule has 3 nitrogen and oxygen atoms in total. The molecule has 0 aliphatic rings. The second-order valence-electron chi connectivity index (χ2n) is 5.44. The summed E-state index contributed by atoms with van der Waals surface area (Å²) in [5.74, 6) is 0.0831. The van der Waals surface area contributed by atoms with Crippen LogP contribution in [0.25, 0.3) is 22.9 Å². The fourth-order valence-corrected chi connectivity index (χ4v) is 2.63. The Hall–Kier alpha value is -2.91. The number of fused-ring (bicyclic) bond motifs is 1. The summed E-state index contributed by atoms with van der Waals surface area (Å²) in [6.07, 6.45) is 4.06. The summed E-state index contributed by atoms with van der Waals surface area (Å²) in [7, 11) is 0. The molecule has 0 saturated carbocycles. The van der Waals surface area contributed by atoms with Crippen molar-refractivity contribution in [3.63, 3.8) is 0 Å². The molecule has 3 aromatic carbocycles. The predicted octanol–water partition coefficient (Wildman–Crippen LogP) is 3.79. The van der Waals surface area contributed by atoms with E-state index in [2.05, 4.69) is 6.07 Å². The first-order chi connectivity index (χ1) is 11.2. The van der Waals surface area contributed by atoms with Gasteiger partial charge in [0.2, 0.25) is 0 Å². The highest BCUT2D eigenvalue weighted by Crippen LogP contribution is 2.21. The van der Waals surface area contributed by atoms with Crippen molar-refractivity contribution < 1.29 is 5.11 Å². The summed E-state index contributed by atoms with van der Waals surface area (Å²) in [6.45, 7) is 0.0471. The lowest BCUT2D eigenvalue weighted by atomic mass is 10.0. The predicted molar refractivity (Wildman–Crippen MR) is 96.3 cm³/mol. The van der Waals surface area contributed by atoms with Crippen molar-refractivity contribution >= 4 is 28.8 Å². The Labute approximate surface area is 135 Å². The number of hydrogen-bond donors (Lipinski definition) is 3. The van der Waals surface area contributed by atoms with Gasteiger partial charge in [0, 0.05) is 5.56 Å². The Morgan fingerprint density at radius 1 is 0.957 bits per heavy atom. The van der Waals surface area contributed by atoms with Crippen LogP contribution in [-0.4, -0.2) is 10.9 Å². The maximum atomic E-state index is 9.18. The Bertz CT molecular complexity index is 897. The van der Waals surface area contributed by atoms with Crippen LogP contribution in [0.15, 0.2) is 60.7 Å². The van der Waals surface area contributed by atoms with Crippen molar-refractivity contribution in [3.8, 4) is 0 Å². The molecule has 0 fully saturated rings. The molecule has 3 rings (SSSR count). The summed E-state index contributed by atoms with van der Waals surface area (Å²) in [5.41, 5.74) is 9.41. The zero-order valence-corrected chi connectivity index (χ0v) is 12.7. The molecule has 0 saturated heterocycles. The number of amidine groups is 1. The maximum Gasteiger partial charge on any atom is 0.123 e. The van der Waals surface area contributed by atoms with Crippen LogP contribution in [0.1, 0.15) is 22.3 Å². The first-order valence-electron chi connectivity index (χ1n) is 7.42. The molecule has 0 spiro atoms. The highest BCUT2D eigenvalue weighted by Gasteiger charge is 2.03. The topological polar surface area (TPSA) is 70.1 Å². The van der Waals surface area contributed by atoms with E-state index in [1.807, 2.05) is 66.7 Å². The van der Waals surface area contributed by atoms with Gasteiger partial charge in [-0.1, -0.05) is 60.7 Å². The lowest BCUT2D eigenvalue weighted by molar-refractivity contribution is 0.282. The van der Waals surface area contributed by atoms with Crippen LogP contribution < -0.4 is 5.73 Å². The number of hydrogen-bond acceptors (Lipinski definition) is 2. The molecule has 0 atom stereocenters. The summed E-state index contributed by atoms with van der Waals surface area (Å²) in [6, 6.07) is 19.7. The molecule has 23 heavy (non-hydrogen) atoms. The number of nitrogens with two attached hydrogens (primary N) is 1. The number of nitrogens with one attached hydrogen (secondary N) is 1. The lowest BCUT2D eigenvalue weighted by Crippen LogP contribution is -2.11. The third-order valence-electron chi connectivity index (χ3n) is 3.80. The van der Waals surface area contributed by atoms with Crippen molar-refractivity contribution in [1.29, 1.82) is 5.41 Å². The van der Waals surface area contributed by atoms with Crippen molar-refractivity contribution in [1.82, 2.24) is 0 Å². The molecule has 0 unspecified atom stereocenters. The Morgan fingerprint density at radius 2 is 1.70 bits per heavy atom. The molecule has 0 bridgehead atoms. The Morgan fingerprint density at radius 3 is 2.43 bits per heavy atom. The van der Waals surface area contributed by atoms with E-state index < -0.39 is 0 Å². The Kier molecular flexibility index (Phi) is 4.22. The van der Waals surface area contributed by atoms with Crippen LogP contribution in [0.4, 0.5) is 0 Å². The fraction of sp³-hybridized carbons (Fsp3) is 0.0500. The van der Waals surface area contributed by atoms with E-state index in [4.69, 9.17) is 11.1 Å². The van der Waals surface area contributed by atoms with Gasteiger partial charge in [0.1, 0.15) is 5.84 Å². The third-order valence-corrected chi connectivity index (χ3v) is 3.80. The van der Waals surface area contributed by atoms with Crippen LogP contribution in [-0.2, 0) is 6.61 Å².